The average Bonchev–Trinajstić information content (AvgIpc) is 2.55. The lowest BCUT2D eigenvalue weighted by atomic mass is 10.1. The van der Waals surface area contributed by atoms with Crippen LogP contribution in [0.15, 0.2) is 48.5 Å². The number of aliphatic hydroxyl groups is 1. The quantitative estimate of drug-likeness (QED) is 0.877. The van der Waals surface area contributed by atoms with E-state index < -0.39 is 0 Å². The summed E-state index contributed by atoms with van der Waals surface area (Å²) >= 11 is 0. The Morgan fingerprint density at radius 3 is 2.19 bits per heavy atom. The molecule has 0 bridgehead atoms. The molecule has 0 unspecified atom stereocenters. The molecule has 21 heavy (non-hydrogen) atoms. The normalized spacial score (nSPS) is 12.0. The molecule has 0 spiro atoms. The summed E-state index contributed by atoms with van der Waals surface area (Å²) in [7, 11) is 3.74. The maximum Gasteiger partial charge on any atom is 0.118 e. The first-order valence-electron chi connectivity index (χ1n) is 7.26. The Morgan fingerprint density at radius 1 is 1.05 bits per heavy atom. The first kappa shape index (κ1) is 15.4. The topological polar surface area (TPSA) is 32.7 Å². The molecule has 0 amide bonds. The third-order valence-electron chi connectivity index (χ3n) is 3.68. The van der Waals surface area contributed by atoms with Gasteiger partial charge in [-0.1, -0.05) is 31.2 Å². The molecule has 2 aromatic rings. The molecule has 0 aromatic heterocycles. The van der Waals surface area contributed by atoms with E-state index in [0.29, 0.717) is 0 Å². The van der Waals surface area contributed by atoms with Crippen LogP contribution in [-0.2, 0) is 6.54 Å². The SMILES string of the molecule is CC[C@@H](O)c1ccc(N(C)Cc2ccc(OC)cc2)cc1. The van der Waals surface area contributed by atoms with E-state index in [4.69, 9.17) is 4.74 Å². The highest BCUT2D eigenvalue weighted by Gasteiger charge is 2.06. The zero-order valence-electron chi connectivity index (χ0n) is 12.9. The molecule has 112 valence electrons. The smallest absolute Gasteiger partial charge is 0.118 e. The number of anilines is 1. The second-order valence-electron chi connectivity index (χ2n) is 5.22. The highest BCUT2D eigenvalue weighted by molar-refractivity contribution is 5.48. The van der Waals surface area contributed by atoms with Gasteiger partial charge >= 0.3 is 0 Å². The van der Waals surface area contributed by atoms with Gasteiger partial charge in [-0.05, 0) is 41.8 Å². The Morgan fingerprint density at radius 2 is 1.67 bits per heavy atom. The van der Waals surface area contributed by atoms with Crippen LogP contribution in [0.1, 0.15) is 30.6 Å². The molecule has 1 N–H and O–H groups in total. The minimum atomic E-state index is -0.369. The predicted molar refractivity (Wildman–Crippen MR) is 86.8 cm³/mol. The fraction of sp³-hybridized carbons (Fsp3) is 0.333. The summed E-state index contributed by atoms with van der Waals surface area (Å²) in [5, 5.41) is 9.82. The highest BCUT2D eigenvalue weighted by atomic mass is 16.5. The van der Waals surface area contributed by atoms with Gasteiger partial charge in [0.25, 0.3) is 0 Å². The van der Waals surface area contributed by atoms with Crippen molar-refractivity contribution >= 4 is 5.69 Å². The van der Waals surface area contributed by atoms with Crippen molar-refractivity contribution in [2.75, 3.05) is 19.1 Å². The van der Waals surface area contributed by atoms with Crippen LogP contribution >= 0.6 is 0 Å². The molecule has 0 saturated heterocycles. The van der Waals surface area contributed by atoms with Gasteiger partial charge in [-0.25, -0.2) is 0 Å². The summed E-state index contributed by atoms with van der Waals surface area (Å²) in [4.78, 5) is 2.18. The first-order valence-corrected chi connectivity index (χ1v) is 7.26. The van der Waals surface area contributed by atoms with E-state index >= 15 is 0 Å². The number of methoxy groups -OCH3 is 1. The average molecular weight is 285 g/mol. The van der Waals surface area contributed by atoms with Crippen LogP contribution in [0.2, 0.25) is 0 Å². The summed E-state index contributed by atoms with van der Waals surface area (Å²) in [6.07, 6.45) is 0.368. The summed E-state index contributed by atoms with van der Waals surface area (Å²) < 4.78 is 5.17. The van der Waals surface area contributed by atoms with Gasteiger partial charge in [0, 0.05) is 19.3 Å². The molecule has 0 aliphatic heterocycles. The lowest BCUT2D eigenvalue weighted by Gasteiger charge is -2.20. The number of hydrogen-bond donors (Lipinski definition) is 1. The molecule has 0 aliphatic carbocycles. The molecule has 0 radical (unpaired) electrons. The van der Waals surface area contributed by atoms with Gasteiger partial charge in [-0.3, -0.25) is 0 Å². The fourth-order valence-electron chi connectivity index (χ4n) is 2.28. The number of aliphatic hydroxyl groups excluding tert-OH is 1. The van der Waals surface area contributed by atoms with Crippen molar-refractivity contribution in [2.24, 2.45) is 0 Å². The molecule has 1 atom stereocenters. The summed E-state index contributed by atoms with van der Waals surface area (Å²) in [6, 6.07) is 16.2. The van der Waals surface area contributed by atoms with Crippen LogP contribution in [0, 0.1) is 0 Å². The van der Waals surface area contributed by atoms with Crippen LogP contribution in [0.3, 0.4) is 0 Å². The van der Waals surface area contributed by atoms with Crippen molar-refractivity contribution in [3.05, 3.63) is 59.7 Å². The minimum Gasteiger partial charge on any atom is -0.497 e. The van der Waals surface area contributed by atoms with Gasteiger partial charge in [0.1, 0.15) is 5.75 Å². The van der Waals surface area contributed by atoms with Gasteiger partial charge in [0.2, 0.25) is 0 Å². The lowest BCUT2D eigenvalue weighted by Crippen LogP contribution is -2.16. The van der Waals surface area contributed by atoms with Crippen LogP contribution < -0.4 is 9.64 Å². The molecule has 0 fully saturated rings. The van der Waals surface area contributed by atoms with E-state index in [0.717, 1.165) is 30.0 Å². The second kappa shape index (κ2) is 7.14. The number of hydrogen-bond acceptors (Lipinski definition) is 3. The monoisotopic (exact) mass is 285 g/mol. The zero-order valence-corrected chi connectivity index (χ0v) is 12.9. The molecule has 3 nitrogen and oxygen atoms in total. The van der Waals surface area contributed by atoms with Crippen molar-refractivity contribution < 1.29 is 9.84 Å². The van der Waals surface area contributed by atoms with Crippen molar-refractivity contribution in [1.29, 1.82) is 0 Å². The number of benzene rings is 2. The third kappa shape index (κ3) is 3.99. The van der Waals surface area contributed by atoms with Gasteiger partial charge in [-0.2, -0.15) is 0 Å². The fourth-order valence-corrected chi connectivity index (χ4v) is 2.28. The minimum absolute atomic E-state index is 0.369. The third-order valence-corrected chi connectivity index (χ3v) is 3.68. The molecule has 0 aliphatic rings. The zero-order chi connectivity index (χ0) is 15.2. The van der Waals surface area contributed by atoms with Gasteiger partial charge < -0.3 is 14.7 Å². The van der Waals surface area contributed by atoms with Crippen LogP contribution in [-0.4, -0.2) is 19.3 Å². The Bertz CT molecular complexity index is 548. The van der Waals surface area contributed by atoms with E-state index in [2.05, 4.69) is 36.2 Å². The summed E-state index contributed by atoms with van der Waals surface area (Å²) in [6.45, 7) is 2.81. The number of rotatable bonds is 6. The molecule has 2 aromatic carbocycles. The molecule has 0 saturated carbocycles. The molecule has 3 heteroatoms. The number of ether oxygens (including phenoxy) is 1. The Balaban J connectivity index is 2.03. The van der Waals surface area contributed by atoms with Crippen molar-refractivity contribution in [3.8, 4) is 5.75 Å². The first-order chi connectivity index (χ1) is 10.1. The second-order valence-corrected chi connectivity index (χ2v) is 5.22. The van der Waals surface area contributed by atoms with E-state index in [1.807, 2.05) is 31.2 Å². The molecule has 0 heterocycles. The predicted octanol–water partition coefficient (Wildman–Crippen LogP) is 3.78. The maximum atomic E-state index is 9.82. The van der Waals surface area contributed by atoms with Crippen molar-refractivity contribution in [1.82, 2.24) is 0 Å². The summed E-state index contributed by atoms with van der Waals surface area (Å²) in [5.41, 5.74) is 3.34. The van der Waals surface area contributed by atoms with E-state index in [9.17, 15) is 5.11 Å². The van der Waals surface area contributed by atoms with Crippen LogP contribution in [0.4, 0.5) is 5.69 Å². The van der Waals surface area contributed by atoms with Crippen LogP contribution in [0.5, 0.6) is 5.75 Å². The Kier molecular flexibility index (Phi) is 5.23. The lowest BCUT2D eigenvalue weighted by molar-refractivity contribution is 0.173. The standard InChI is InChI=1S/C18H23NO2/c1-4-18(20)15-7-9-16(10-8-15)19(2)13-14-5-11-17(21-3)12-6-14/h5-12,18,20H,4,13H2,1-3H3/t18-/m1/s1. The maximum absolute atomic E-state index is 9.82. The highest BCUT2D eigenvalue weighted by Crippen LogP contribution is 2.22. The van der Waals surface area contributed by atoms with Gasteiger partial charge in [-0.15, -0.1) is 0 Å². The van der Waals surface area contributed by atoms with Crippen molar-refractivity contribution in [2.45, 2.75) is 26.0 Å². The van der Waals surface area contributed by atoms with Gasteiger partial charge in [0.15, 0.2) is 0 Å². The Hall–Kier alpha value is -2.00. The van der Waals surface area contributed by atoms with E-state index in [1.165, 1.54) is 5.56 Å². The van der Waals surface area contributed by atoms with Crippen LogP contribution in [0.25, 0.3) is 0 Å². The molecule has 2 rings (SSSR count). The van der Waals surface area contributed by atoms with Crippen molar-refractivity contribution in [3.63, 3.8) is 0 Å². The van der Waals surface area contributed by atoms with E-state index in [1.54, 1.807) is 7.11 Å². The largest absolute Gasteiger partial charge is 0.497 e. The summed E-state index contributed by atoms with van der Waals surface area (Å²) in [5.74, 6) is 0.874. The Labute approximate surface area is 126 Å². The van der Waals surface area contributed by atoms with E-state index in [-0.39, 0.29) is 6.10 Å². The number of nitrogens with zero attached hydrogens (tertiary/aromatic N) is 1. The molecular formula is C18H23NO2. The molecular weight excluding hydrogens is 262 g/mol. The van der Waals surface area contributed by atoms with Gasteiger partial charge in [0.05, 0.1) is 13.2 Å².